The lowest BCUT2D eigenvalue weighted by Gasteiger charge is -2.24. The van der Waals surface area contributed by atoms with Gasteiger partial charge in [-0.15, -0.1) is 0 Å². The fourth-order valence-electron chi connectivity index (χ4n) is 5.48. The van der Waals surface area contributed by atoms with Crippen LogP contribution >= 0.6 is 31.3 Å². The predicted molar refractivity (Wildman–Crippen MR) is 217 cm³/mol. The van der Waals surface area contributed by atoms with E-state index in [1.54, 1.807) is 0 Å². The largest absolute Gasteiger partial charge is 0.472 e. The van der Waals surface area contributed by atoms with E-state index >= 15 is 0 Å². The van der Waals surface area contributed by atoms with Crippen molar-refractivity contribution < 1.29 is 42.1 Å². The summed E-state index contributed by atoms with van der Waals surface area (Å²) in [4.78, 5) is 35.3. The summed E-state index contributed by atoms with van der Waals surface area (Å²) >= 11 is 2.96. The van der Waals surface area contributed by atoms with Gasteiger partial charge in [0.15, 0.2) is 0 Å². The Labute approximate surface area is 322 Å². The summed E-state index contributed by atoms with van der Waals surface area (Å²) in [5.41, 5.74) is 0. The van der Waals surface area contributed by atoms with Gasteiger partial charge in [0, 0.05) is 0 Å². The first-order valence-electron chi connectivity index (χ1n) is 20.5. The van der Waals surface area contributed by atoms with Crippen molar-refractivity contribution in [1.82, 2.24) is 0 Å². The zero-order chi connectivity index (χ0) is 37.9. The van der Waals surface area contributed by atoms with Crippen molar-refractivity contribution >= 4 is 43.3 Å². The molecular formula is C39H79NO8PS2+. The molecule has 0 amide bonds. The summed E-state index contributed by atoms with van der Waals surface area (Å²) in [6, 6.07) is 0. The number of thioether (sulfide) groups is 2. The minimum atomic E-state index is -4.43. The average Bonchev–Trinajstić information content (AvgIpc) is 3.07. The number of rotatable bonds is 39. The molecule has 51 heavy (non-hydrogen) atoms. The number of hydrogen-bond acceptors (Lipinski definition) is 9. The number of ether oxygens (including phenoxy) is 2. The summed E-state index contributed by atoms with van der Waals surface area (Å²) in [5, 5.41) is 0. The number of nitrogens with zero attached hydrogens (tertiary/aromatic N) is 1. The molecule has 0 aliphatic rings. The fourth-order valence-corrected chi connectivity index (χ4v) is 7.75. The highest BCUT2D eigenvalue weighted by Crippen LogP contribution is 2.43. The van der Waals surface area contributed by atoms with Crippen molar-refractivity contribution in [2.75, 3.05) is 63.9 Å². The molecule has 12 heteroatoms. The third kappa shape index (κ3) is 39.2. The minimum Gasteiger partial charge on any atom is -0.422 e. The van der Waals surface area contributed by atoms with Gasteiger partial charge in [-0.3, -0.25) is 18.6 Å². The van der Waals surface area contributed by atoms with Gasteiger partial charge in [-0.05, 0) is 24.3 Å². The molecule has 0 saturated carbocycles. The summed E-state index contributed by atoms with van der Waals surface area (Å²) in [7, 11) is 1.39. The number of esters is 2. The summed E-state index contributed by atoms with van der Waals surface area (Å²) in [6.07, 6.45) is 29.4. The number of phosphoric ester groups is 1. The third-order valence-electron chi connectivity index (χ3n) is 8.64. The van der Waals surface area contributed by atoms with E-state index in [1.807, 2.05) is 21.1 Å². The average molecular weight is 785 g/mol. The highest BCUT2D eigenvalue weighted by molar-refractivity contribution is 8.00. The first-order chi connectivity index (χ1) is 24.5. The van der Waals surface area contributed by atoms with Crippen LogP contribution in [0.25, 0.3) is 0 Å². The lowest BCUT2D eigenvalue weighted by atomic mass is 10.1. The van der Waals surface area contributed by atoms with Crippen molar-refractivity contribution in [3.8, 4) is 0 Å². The molecular weight excluding hydrogens is 706 g/mol. The number of hydrogen-bond donors (Lipinski definition) is 1. The Morgan fingerprint density at radius 2 is 0.902 bits per heavy atom. The quantitative estimate of drug-likeness (QED) is 0.0213. The lowest BCUT2D eigenvalue weighted by Crippen LogP contribution is -2.37. The molecule has 0 aromatic carbocycles. The number of likely N-dealkylation sites (N-methyl/N-ethyl adjacent to an activating group) is 1. The summed E-state index contributed by atoms with van der Waals surface area (Å²) in [5.74, 6) is 0.795. The van der Waals surface area contributed by atoms with E-state index in [1.165, 1.54) is 152 Å². The van der Waals surface area contributed by atoms with E-state index in [-0.39, 0.29) is 18.1 Å². The van der Waals surface area contributed by atoms with Crippen LogP contribution in [-0.2, 0) is 32.7 Å². The van der Waals surface area contributed by atoms with Gasteiger partial charge in [-0.25, -0.2) is 4.57 Å². The predicted octanol–water partition coefficient (Wildman–Crippen LogP) is 11.1. The molecule has 0 radical (unpaired) electrons. The molecule has 9 nitrogen and oxygen atoms in total. The van der Waals surface area contributed by atoms with Crippen LogP contribution in [0.1, 0.15) is 168 Å². The Bertz CT molecular complexity index is 816. The molecule has 0 aliphatic heterocycles. The number of phosphoric acid groups is 1. The first kappa shape index (κ1) is 50.7. The van der Waals surface area contributed by atoms with Crippen LogP contribution in [0.4, 0.5) is 0 Å². The van der Waals surface area contributed by atoms with Crippen molar-refractivity contribution in [2.45, 2.75) is 174 Å². The molecule has 0 spiro atoms. The second-order valence-electron chi connectivity index (χ2n) is 14.9. The fraction of sp³-hybridized carbons (Fsp3) is 0.949. The van der Waals surface area contributed by atoms with Crippen LogP contribution in [0.3, 0.4) is 0 Å². The van der Waals surface area contributed by atoms with Gasteiger partial charge >= 0.3 is 19.8 Å². The second kappa shape index (κ2) is 35.4. The molecule has 0 fully saturated rings. The standard InChI is InChI=1S/C39H78NO8PS2/c1-6-8-10-12-14-16-18-20-22-24-26-28-32-50-35-37(41)47-39(34-46-49(43,44)45-31-30-40(3,4)5)48-38(42)36-51-33-29-27-25-23-21-19-17-15-13-11-9-7-2/h39H,6-36H2,1-5H3/p+1. The van der Waals surface area contributed by atoms with Crippen LogP contribution < -0.4 is 0 Å². The van der Waals surface area contributed by atoms with E-state index < -0.39 is 32.7 Å². The summed E-state index contributed by atoms with van der Waals surface area (Å²) < 4.78 is 33.9. The third-order valence-corrected chi connectivity index (χ3v) is 11.7. The molecule has 1 atom stereocenters. The van der Waals surface area contributed by atoms with Crippen LogP contribution in [0.15, 0.2) is 0 Å². The smallest absolute Gasteiger partial charge is 0.422 e. The minimum absolute atomic E-state index is 0.00699. The van der Waals surface area contributed by atoms with Crippen molar-refractivity contribution in [2.24, 2.45) is 0 Å². The lowest BCUT2D eigenvalue weighted by molar-refractivity contribution is -0.870. The van der Waals surface area contributed by atoms with Gasteiger partial charge < -0.3 is 18.9 Å². The van der Waals surface area contributed by atoms with Crippen molar-refractivity contribution in [3.63, 3.8) is 0 Å². The Balaban J connectivity index is 4.36. The molecule has 0 aromatic rings. The molecule has 1 unspecified atom stereocenters. The van der Waals surface area contributed by atoms with E-state index in [0.717, 1.165) is 37.2 Å². The molecule has 0 rings (SSSR count). The Morgan fingerprint density at radius 3 is 1.24 bits per heavy atom. The van der Waals surface area contributed by atoms with E-state index in [0.29, 0.717) is 11.0 Å². The molecule has 0 heterocycles. The van der Waals surface area contributed by atoms with E-state index in [4.69, 9.17) is 18.5 Å². The van der Waals surface area contributed by atoms with E-state index in [9.17, 15) is 19.0 Å². The number of carbonyl (C=O) groups excluding carboxylic acids is 2. The van der Waals surface area contributed by atoms with Gasteiger partial charge in [0.05, 0.1) is 32.6 Å². The van der Waals surface area contributed by atoms with Gasteiger partial charge in [-0.2, -0.15) is 23.5 Å². The van der Waals surface area contributed by atoms with Crippen LogP contribution in [0, 0.1) is 0 Å². The van der Waals surface area contributed by atoms with Gasteiger partial charge in [-0.1, -0.05) is 155 Å². The topological polar surface area (TPSA) is 108 Å². The Morgan fingerprint density at radius 1 is 0.569 bits per heavy atom. The van der Waals surface area contributed by atoms with Crippen LogP contribution in [0.5, 0.6) is 0 Å². The zero-order valence-electron chi connectivity index (χ0n) is 33.5. The summed E-state index contributed by atoms with van der Waals surface area (Å²) in [6.45, 7) is 4.42. The van der Waals surface area contributed by atoms with Gasteiger partial charge in [0.1, 0.15) is 19.8 Å². The van der Waals surface area contributed by atoms with E-state index in [2.05, 4.69) is 13.8 Å². The zero-order valence-corrected chi connectivity index (χ0v) is 36.0. The highest BCUT2D eigenvalue weighted by atomic mass is 32.2. The molecule has 0 aromatic heterocycles. The van der Waals surface area contributed by atoms with Crippen molar-refractivity contribution in [1.29, 1.82) is 0 Å². The monoisotopic (exact) mass is 784 g/mol. The van der Waals surface area contributed by atoms with Gasteiger partial charge in [0.2, 0.25) is 0 Å². The normalized spacial score (nSPS) is 13.1. The second-order valence-corrected chi connectivity index (χ2v) is 18.6. The maximum absolute atomic E-state index is 12.6. The highest BCUT2D eigenvalue weighted by Gasteiger charge is 2.28. The maximum atomic E-state index is 12.6. The number of carbonyl (C=O) groups is 2. The number of unbranched alkanes of at least 4 members (excludes halogenated alkanes) is 22. The molecule has 0 bridgehead atoms. The molecule has 0 aliphatic carbocycles. The van der Waals surface area contributed by atoms with Crippen LogP contribution in [-0.4, -0.2) is 91.5 Å². The Hall–Kier alpha value is -0.290. The Kier molecular flexibility index (Phi) is 35.2. The SMILES string of the molecule is CCCCCCCCCCCCCCSCC(=O)OC(COP(=O)(O)OCC[N+](C)(C)C)OC(=O)CSCCCCCCCCCCCCCC. The van der Waals surface area contributed by atoms with Gasteiger partial charge in [0.25, 0.3) is 6.29 Å². The molecule has 304 valence electrons. The molecule has 1 N–H and O–H groups in total. The van der Waals surface area contributed by atoms with Crippen LogP contribution in [0.2, 0.25) is 0 Å². The number of quaternary nitrogens is 1. The maximum Gasteiger partial charge on any atom is 0.472 e. The van der Waals surface area contributed by atoms with Crippen molar-refractivity contribution in [3.05, 3.63) is 0 Å². The first-order valence-corrected chi connectivity index (χ1v) is 24.3. The molecule has 0 saturated heterocycles.